The number of nitrogens with zero attached hydrogens (tertiary/aromatic N) is 1. The zero-order chi connectivity index (χ0) is 10.6. The summed E-state index contributed by atoms with van der Waals surface area (Å²) < 4.78 is 0. The summed E-state index contributed by atoms with van der Waals surface area (Å²) in [5.74, 6) is 4.94. The van der Waals surface area contributed by atoms with Gasteiger partial charge in [0.15, 0.2) is 0 Å². The van der Waals surface area contributed by atoms with E-state index in [2.05, 4.69) is 4.84 Å². The van der Waals surface area contributed by atoms with Crippen LogP contribution in [0.2, 0.25) is 0 Å². The number of carbonyl (C=O) groups is 1. The van der Waals surface area contributed by atoms with Crippen molar-refractivity contribution < 1.29 is 14.7 Å². The molecule has 13 heavy (non-hydrogen) atoms. The van der Waals surface area contributed by atoms with Crippen molar-refractivity contribution in [2.24, 2.45) is 5.90 Å². The summed E-state index contributed by atoms with van der Waals surface area (Å²) in [6.07, 6.45) is -1.26. The summed E-state index contributed by atoms with van der Waals surface area (Å²) in [6, 6.07) is 0. The maximum Gasteiger partial charge on any atom is 0.407 e. The van der Waals surface area contributed by atoms with Crippen molar-refractivity contribution in [3.8, 4) is 0 Å². The fourth-order valence-electron chi connectivity index (χ4n) is 0.939. The van der Waals surface area contributed by atoms with Crippen LogP contribution in [0.15, 0.2) is 0 Å². The number of nitrogens with two attached hydrogens (primary N) is 1. The van der Waals surface area contributed by atoms with Crippen LogP contribution in [-0.2, 0) is 4.84 Å². The van der Waals surface area contributed by atoms with Crippen LogP contribution in [0.4, 0.5) is 4.79 Å². The van der Waals surface area contributed by atoms with Crippen molar-refractivity contribution in [1.29, 1.82) is 0 Å². The molecule has 1 unspecified atom stereocenters. The molecule has 0 aromatic heterocycles. The molecule has 0 aromatic carbocycles. The van der Waals surface area contributed by atoms with E-state index in [1.54, 1.807) is 6.92 Å². The molecular formula is C8H18N2O3. The summed E-state index contributed by atoms with van der Waals surface area (Å²) >= 11 is 0. The molecule has 3 N–H and O–H groups in total. The summed E-state index contributed by atoms with van der Waals surface area (Å²) in [5.41, 5.74) is -0.432. The summed E-state index contributed by atoms with van der Waals surface area (Å²) in [4.78, 5) is 16.6. The second-order valence-corrected chi connectivity index (χ2v) is 4.01. The number of amides is 1. The minimum absolute atomic E-state index is 0.273. The first-order chi connectivity index (χ1) is 5.79. The molecule has 0 heterocycles. The first kappa shape index (κ1) is 12.2. The molecule has 1 atom stereocenters. The number of rotatable bonds is 3. The second-order valence-electron chi connectivity index (χ2n) is 4.01. The molecule has 0 saturated carbocycles. The van der Waals surface area contributed by atoms with Crippen LogP contribution in [0.3, 0.4) is 0 Å². The highest BCUT2D eigenvalue weighted by atomic mass is 16.6. The van der Waals surface area contributed by atoms with Gasteiger partial charge in [0.2, 0.25) is 0 Å². The first-order valence-electron chi connectivity index (χ1n) is 4.15. The van der Waals surface area contributed by atoms with E-state index < -0.39 is 11.6 Å². The molecule has 78 valence electrons. The van der Waals surface area contributed by atoms with E-state index >= 15 is 0 Å². The highest BCUT2D eigenvalue weighted by molar-refractivity contribution is 5.66. The van der Waals surface area contributed by atoms with Crippen LogP contribution in [0.1, 0.15) is 27.7 Å². The van der Waals surface area contributed by atoms with Crippen molar-refractivity contribution in [3.05, 3.63) is 0 Å². The predicted molar refractivity (Wildman–Crippen MR) is 49.2 cm³/mol. The molecule has 0 bridgehead atoms. The van der Waals surface area contributed by atoms with Crippen molar-refractivity contribution in [2.75, 3.05) is 6.54 Å². The lowest BCUT2D eigenvalue weighted by Crippen LogP contribution is -2.48. The fraction of sp³-hybridized carbons (Fsp3) is 0.875. The Labute approximate surface area is 78.4 Å². The largest absolute Gasteiger partial charge is 0.465 e. The Morgan fingerprint density at radius 1 is 1.62 bits per heavy atom. The van der Waals surface area contributed by atoms with E-state index in [0.717, 1.165) is 0 Å². The molecule has 0 spiro atoms. The fourth-order valence-corrected chi connectivity index (χ4v) is 0.939. The van der Waals surface area contributed by atoms with Gasteiger partial charge in [0.05, 0.1) is 12.6 Å². The summed E-state index contributed by atoms with van der Waals surface area (Å²) in [6.45, 7) is 7.47. The Morgan fingerprint density at radius 3 is 2.31 bits per heavy atom. The maximum absolute atomic E-state index is 10.8. The molecule has 0 fully saturated rings. The van der Waals surface area contributed by atoms with Crippen LogP contribution in [0.5, 0.6) is 0 Å². The minimum Gasteiger partial charge on any atom is -0.465 e. The third-order valence-electron chi connectivity index (χ3n) is 1.71. The van der Waals surface area contributed by atoms with Crippen LogP contribution >= 0.6 is 0 Å². The summed E-state index contributed by atoms with van der Waals surface area (Å²) in [5, 5.41) is 8.88. The maximum atomic E-state index is 10.8. The van der Waals surface area contributed by atoms with Gasteiger partial charge in [-0.1, -0.05) is 0 Å². The summed E-state index contributed by atoms with van der Waals surface area (Å²) in [7, 11) is 0. The average molecular weight is 190 g/mol. The Bertz CT molecular complexity index is 177. The molecule has 0 aliphatic heterocycles. The van der Waals surface area contributed by atoms with E-state index in [4.69, 9.17) is 11.0 Å². The molecule has 0 saturated heterocycles. The van der Waals surface area contributed by atoms with Crippen molar-refractivity contribution in [2.45, 2.75) is 39.3 Å². The minimum atomic E-state index is -0.962. The van der Waals surface area contributed by atoms with Crippen LogP contribution in [-0.4, -0.2) is 34.3 Å². The number of hydrogen-bond acceptors (Lipinski definition) is 3. The Kier molecular flexibility index (Phi) is 4.16. The lowest BCUT2D eigenvalue weighted by atomic mass is 10.1. The lowest BCUT2D eigenvalue weighted by molar-refractivity contribution is 0.0160. The zero-order valence-corrected chi connectivity index (χ0v) is 8.57. The van der Waals surface area contributed by atoms with Gasteiger partial charge in [0, 0.05) is 5.54 Å². The van der Waals surface area contributed by atoms with Crippen molar-refractivity contribution in [3.63, 3.8) is 0 Å². The molecule has 0 radical (unpaired) electrons. The molecule has 5 nitrogen and oxygen atoms in total. The number of hydrogen-bond donors (Lipinski definition) is 2. The van der Waals surface area contributed by atoms with E-state index in [0.29, 0.717) is 0 Å². The number of carboxylic acid groups (broad SMARTS) is 1. The van der Waals surface area contributed by atoms with Gasteiger partial charge in [-0.25, -0.2) is 10.7 Å². The smallest absolute Gasteiger partial charge is 0.407 e. The van der Waals surface area contributed by atoms with E-state index in [9.17, 15) is 4.79 Å². The second kappa shape index (κ2) is 4.43. The molecule has 0 aliphatic carbocycles. The quantitative estimate of drug-likeness (QED) is 0.652. The Morgan fingerprint density at radius 2 is 2.08 bits per heavy atom. The first-order valence-corrected chi connectivity index (χ1v) is 4.15. The topological polar surface area (TPSA) is 75.8 Å². The van der Waals surface area contributed by atoms with Crippen molar-refractivity contribution in [1.82, 2.24) is 4.90 Å². The molecule has 5 heteroatoms. The lowest BCUT2D eigenvalue weighted by Gasteiger charge is -2.34. The van der Waals surface area contributed by atoms with E-state index in [1.165, 1.54) is 4.90 Å². The van der Waals surface area contributed by atoms with Gasteiger partial charge in [0.25, 0.3) is 0 Å². The zero-order valence-electron chi connectivity index (χ0n) is 8.57. The SMILES string of the molecule is CC(CN(C(=O)O)C(C)(C)C)ON. The Balaban J connectivity index is 4.37. The van der Waals surface area contributed by atoms with Gasteiger partial charge in [-0.05, 0) is 27.7 Å². The predicted octanol–water partition coefficient (Wildman–Crippen LogP) is 1.04. The third kappa shape index (κ3) is 4.10. The van der Waals surface area contributed by atoms with Gasteiger partial charge in [0.1, 0.15) is 0 Å². The average Bonchev–Trinajstić information content (AvgIpc) is 1.96. The van der Waals surface area contributed by atoms with E-state index in [1.807, 2.05) is 20.8 Å². The standard InChI is InChI=1S/C8H18N2O3/c1-6(13-9)5-10(7(11)12)8(2,3)4/h6H,5,9H2,1-4H3,(H,11,12). The normalized spacial score (nSPS) is 13.9. The van der Waals surface area contributed by atoms with E-state index in [-0.39, 0.29) is 12.6 Å². The van der Waals surface area contributed by atoms with Crippen LogP contribution < -0.4 is 5.90 Å². The molecule has 0 rings (SSSR count). The monoisotopic (exact) mass is 190 g/mol. The molecule has 0 aliphatic rings. The van der Waals surface area contributed by atoms with Crippen LogP contribution in [0.25, 0.3) is 0 Å². The molecule has 1 amide bonds. The molecular weight excluding hydrogens is 172 g/mol. The van der Waals surface area contributed by atoms with Gasteiger partial charge in [-0.3, -0.25) is 4.84 Å². The van der Waals surface area contributed by atoms with Gasteiger partial charge < -0.3 is 10.0 Å². The van der Waals surface area contributed by atoms with Gasteiger partial charge in [-0.2, -0.15) is 0 Å². The highest BCUT2D eigenvalue weighted by Crippen LogP contribution is 2.14. The Hall–Kier alpha value is -0.810. The third-order valence-corrected chi connectivity index (χ3v) is 1.71. The van der Waals surface area contributed by atoms with Crippen molar-refractivity contribution >= 4 is 6.09 Å². The molecule has 0 aromatic rings. The van der Waals surface area contributed by atoms with Gasteiger partial charge >= 0.3 is 6.09 Å². The van der Waals surface area contributed by atoms with Gasteiger partial charge in [-0.15, -0.1) is 0 Å². The highest BCUT2D eigenvalue weighted by Gasteiger charge is 2.27. The van der Waals surface area contributed by atoms with Crippen LogP contribution in [0, 0.1) is 0 Å².